The van der Waals surface area contributed by atoms with Crippen LogP contribution in [0, 0.1) is 0 Å². The van der Waals surface area contributed by atoms with Crippen LogP contribution in [-0.4, -0.2) is 0 Å². The second-order valence-corrected chi connectivity index (χ2v) is 3.37. The molecule has 0 heterocycles. The second kappa shape index (κ2) is 4.93. The van der Waals surface area contributed by atoms with Crippen LogP contribution in [0.25, 0.3) is 6.08 Å². The second-order valence-electron chi connectivity index (χ2n) is 2.96. The predicted molar refractivity (Wildman–Crippen MR) is 58.7 cm³/mol. The van der Waals surface area contributed by atoms with Crippen LogP contribution in [0.3, 0.4) is 0 Å². The Balaban J connectivity index is 2.96. The summed E-state index contributed by atoms with van der Waals surface area (Å²) in [5.41, 5.74) is 7.61. The molecule has 1 rings (SSSR count). The quantitative estimate of drug-likeness (QED) is 0.788. The first-order chi connectivity index (χ1) is 6.27. The minimum absolute atomic E-state index is 0.844. The Morgan fingerprint density at radius 2 is 2.23 bits per heavy atom. The van der Waals surface area contributed by atoms with Crippen molar-refractivity contribution in [1.82, 2.24) is 0 Å². The van der Waals surface area contributed by atoms with E-state index in [9.17, 15) is 0 Å². The van der Waals surface area contributed by atoms with E-state index in [1.54, 1.807) is 6.20 Å². The van der Waals surface area contributed by atoms with Gasteiger partial charge in [-0.2, -0.15) is 0 Å². The zero-order chi connectivity index (χ0) is 9.68. The van der Waals surface area contributed by atoms with Crippen LogP contribution < -0.4 is 5.73 Å². The largest absolute Gasteiger partial charge is 0.405 e. The summed E-state index contributed by atoms with van der Waals surface area (Å²) >= 11 is 6.02. The molecule has 0 saturated carbocycles. The van der Waals surface area contributed by atoms with E-state index in [2.05, 4.69) is 13.0 Å². The molecule has 0 aliphatic rings. The van der Waals surface area contributed by atoms with Gasteiger partial charge in [-0.1, -0.05) is 37.1 Å². The minimum Gasteiger partial charge on any atom is -0.405 e. The molecule has 1 aromatic rings. The lowest BCUT2D eigenvalue weighted by Gasteiger charge is -2.03. The highest BCUT2D eigenvalue weighted by Gasteiger charge is 1.98. The summed E-state index contributed by atoms with van der Waals surface area (Å²) < 4.78 is 0. The van der Waals surface area contributed by atoms with Gasteiger partial charge in [0, 0.05) is 5.02 Å². The van der Waals surface area contributed by atoms with Crippen LogP contribution in [0.1, 0.15) is 24.5 Å². The highest BCUT2D eigenvalue weighted by Crippen LogP contribution is 2.19. The first-order valence-electron chi connectivity index (χ1n) is 4.44. The van der Waals surface area contributed by atoms with Crippen molar-refractivity contribution in [3.63, 3.8) is 0 Å². The van der Waals surface area contributed by atoms with Crippen molar-refractivity contribution >= 4 is 17.7 Å². The minimum atomic E-state index is 0.844. The number of halogens is 1. The summed E-state index contributed by atoms with van der Waals surface area (Å²) in [6, 6.07) is 5.96. The third-order valence-electron chi connectivity index (χ3n) is 1.88. The van der Waals surface area contributed by atoms with Crippen molar-refractivity contribution in [2.45, 2.75) is 19.8 Å². The summed E-state index contributed by atoms with van der Waals surface area (Å²) in [7, 11) is 0. The van der Waals surface area contributed by atoms with Crippen LogP contribution in [0.4, 0.5) is 0 Å². The van der Waals surface area contributed by atoms with Gasteiger partial charge in [0.25, 0.3) is 0 Å². The average Bonchev–Trinajstić information content (AvgIpc) is 2.12. The molecule has 0 aromatic heterocycles. The van der Waals surface area contributed by atoms with E-state index >= 15 is 0 Å². The first kappa shape index (κ1) is 10.1. The fourth-order valence-electron chi connectivity index (χ4n) is 1.27. The maximum absolute atomic E-state index is 6.02. The van der Waals surface area contributed by atoms with Crippen molar-refractivity contribution < 1.29 is 0 Å². The van der Waals surface area contributed by atoms with E-state index in [4.69, 9.17) is 17.3 Å². The average molecular weight is 196 g/mol. The van der Waals surface area contributed by atoms with E-state index < -0.39 is 0 Å². The number of aryl methyl sites for hydroxylation is 1. The topological polar surface area (TPSA) is 26.0 Å². The Morgan fingerprint density at radius 1 is 1.46 bits per heavy atom. The molecule has 1 aromatic carbocycles. The van der Waals surface area contributed by atoms with Gasteiger partial charge in [-0.05, 0) is 35.9 Å². The molecule has 2 heteroatoms. The fourth-order valence-corrected chi connectivity index (χ4v) is 1.48. The summed E-state index contributed by atoms with van der Waals surface area (Å²) in [5.74, 6) is 0. The van der Waals surface area contributed by atoms with E-state index in [-0.39, 0.29) is 0 Å². The molecule has 0 saturated heterocycles. The maximum Gasteiger partial charge on any atom is 0.0438 e. The molecule has 70 valence electrons. The summed E-state index contributed by atoms with van der Waals surface area (Å²) in [6.07, 6.45) is 5.54. The molecule has 2 N–H and O–H groups in total. The predicted octanol–water partition coefficient (Wildman–Crippen LogP) is 3.22. The Bertz CT molecular complexity index is 305. The molecule has 0 atom stereocenters. The van der Waals surface area contributed by atoms with Gasteiger partial charge in [0.05, 0.1) is 0 Å². The normalized spacial score (nSPS) is 10.9. The van der Waals surface area contributed by atoms with Crippen molar-refractivity contribution in [3.05, 3.63) is 40.5 Å². The number of rotatable bonds is 3. The van der Waals surface area contributed by atoms with Gasteiger partial charge >= 0.3 is 0 Å². The van der Waals surface area contributed by atoms with Crippen molar-refractivity contribution in [1.29, 1.82) is 0 Å². The Hall–Kier alpha value is -0.950. The summed E-state index contributed by atoms with van der Waals surface area (Å²) in [6.45, 7) is 2.14. The molecule has 13 heavy (non-hydrogen) atoms. The molecule has 0 fully saturated rings. The number of nitrogens with two attached hydrogens (primary N) is 1. The smallest absolute Gasteiger partial charge is 0.0438 e. The third-order valence-corrected chi connectivity index (χ3v) is 2.25. The lowest BCUT2D eigenvalue weighted by Crippen LogP contribution is -1.86. The molecule has 0 amide bonds. The number of hydrogen-bond donors (Lipinski definition) is 1. The Labute approximate surface area is 84.2 Å². The van der Waals surface area contributed by atoms with Crippen LogP contribution in [0.5, 0.6) is 0 Å². The fraction of sp³-hybridized carbons (Fsp3) is 0.273. The molecule has 0 aliphatic carbocycles. The van der Waals surface area contributed by atoms with E-state index in [1.165, 1.54) is 5.56 Å². The summed E-state index contributed by atoms with van der Waals surface area (Å²) in [4.78, 5) is 0. The molecule has 0 aliphatic heterocycles. The van der Waals surface area contributed by atoms with Crippen molar-refractivity contribution in [2.75, 3.05) is 0 Å². The zero-order valence-electron chi connectivity index (χ0n) is 7.76. The van der Waals surface area contributed by atoms with Gasteiger partial charge in [-0.15, -0.1) is 0 Å². The SMILES string of the molecule is CCCc1cc(/C=C/N)ccc1Cl. The first-order valence-corrected chi connectivity index (χ1v) is 4.82. The lowest BCUT2D eigenvalue weighted by atomic mass is 10.1. The van der Waals surface area contributed by atoms with Crippen molar-refractivity contribution in [3.8, 4) is 0 Å². The molecular formula is C11H14ClN. The Morgan fingerprint density at radius 3 is 2.85 bits per heavy atom. The van der Waals surface area contributed by atoms with Crippen molar-refractivity contribution in [2.24, 2.45) is 5.73 Å². The molecule has 1 nitrogen and oxygen atoms in total. The van der Waals surface area contributed by atoms with Gasteiger partial charge < -0.3 is 5.73 Å². The molecular weight excluding hydrogens is 182 g/mol. The number of benzene rings is 1. The van der Waals surface area contributed by atoms with Gasteiger partial charge in [0.2, 0.25) is 0 Å². The summed E-state index contributed by atoms with van der Waals surface area (Å²) in [5, 5.41) is 0.844. The third kappa shape index (κ3) is 2.78. The lowest BCUT2D eigenvalue weighted by molar-refractivity contribution is 0.922. The Kier molecular flexibility index (Phi) is 3.84. The molecule has 0 radical (unpaired) electrons. The molecule has 0 spiro atoms. The van der Waals surface area contributed by atoms with Crippen LogP contribution in [0.2, 0.25) is 5.02 Å². The molecule has 0 bridgehead atoms. The van der Waals surface area contributed by atoms with Gasteiger partial charge in [0.1, 0.15) is 0 Å². The molecule has 0 unspecified atom stereocenters. The van der Waals surface area contributed by atoms with E-state index in [0.29, 0.717) is 0 Å². The highest BCUT2D eigenvalue weighted by atomic mass is 35.5. The van der Waals surface area contributed by atoms with Crippen LogP contribution >= 0.6 is 11.6 Å². The maximum atomic E-state index is 6.02. The van der Waals surface area contributed by atoms with Crippen LogP contribution in [0.15, 0.2) is 24.4 Å². The monoisotopic (exact) mass is 195 g/mol. The standard InChI is InChI=1S/C11H14ClN/c1-2-3-10-8-9(6-7-13)4-5-11(10)12/h4-8H,2-3,13H2,1H3/b7-6+. The van der Waals surface area contributed by atoms with Crippen LogP contribution in [-0.2, 0) is 6.42 Å². The zero-order valence-corrected chi connectivity index (χ0v) is 8.51. The van der Waals surface area contributed by atoms with Gasteiger partial charge in [-0.3, -0.25) is 0 Å². The van der Waals surface area contributed by atoms with E-state index in [0.717, 1.165) is 23.4 Å². The highest BCUT2D eigenvalue weighted by molar-refractivity contribution is 6.31. The van der Waals surface area contributed by atoms with Gasteiger partial charge in [0.15, 0.2) is 0 Å². The van der Waals surface area contributed by atoms with Gasteiger partial charge in [-0.25, -0.2) is 0 Å². The van der Waals surface area contributed by atoms with E-state index in [1.807, 2.05) is 18.2 Å². The number of hydrogen-bond acceptors (Lipinski definition) is 1.